The highest BCUT2D eigenvalue weighted by atomic mass is 79.9. The van der Waals surface area contributed by atoms with Crippen LogP contribution < -0.4 is 14.3 Å². The summed E-state index contributed by atoms with van der Waals surface area (Å²) in [7, 11) is 1.32. The number of aromatic nitrogens is 1. The van der Waals surface area contributed by atoms with E-state index in [9.17, 15) is 9.59 Å². The number of thiazole rings is 1. The largest absolute Gasteiger partial charge is 0.486 e. The second kappa shape index (κ2) is 7.45. The molecule has 7 nitrogen and oxygen atoms in total. The molecule has 0 fully saturated rings. The van der Waals surface area contributed by atoms with E-state index in [0.717, 1.165) is 14.0 Å². The van der Waals surface area contributed by atoms with Gasteiger partial charge in [0.15, 0.2) is 16.3 Å². The van der Waals surface area contributed by atoms with Crippen molar-refractivity contribution in [1.82, 2.24) is 4.57 Å². The van der Waals surface area contributed by atoms with Crippen molar-refractivity contribution in [3.05, 3.63) is 37.7 Å². The van der Waals surface area contributed by atoms with E-state index in [1.54, 1.807) is 22.8 Å². The van der Waals surface area contributed by atoms with Crippen LogP contribution in [0.1, 0.15) is 9.67 Å². The molecule has 3 aromatic rings. The van der Waals surface area contributed by atoms with Crippen LogP contribution >= 0.6 is 38.6 Å². The molecule has 0 N–H and O–H groups in total. The van der Waals surface area contributed by atoms with Crippen LogP contribution in [0.3, 0.4) is 0 Å². The fourth-order valence-electron chi connectivity index (χ4n) is 2.61. The fourth-order valence-corrected chi connectivity index (χ4v) is 4.92. The molecular formula is C17H13BrN2O5S2. The SMILES string of the molecule is COC(=O)Cn1c(=NC(=O)c2ccc(Br)s2)sc2cc3c(cc21)OCCO3. The highest BCUT2D eigenvalue weighted by Crippen LogP contribution is 2.35. The zero-order valence-electron chi connectivity index (χ0n) is 14.1. The lowest BCUT2D eigenvalue weighted by molar-refractivity contribution is -0.141. The Morgan fingerprint density at radius 3 is 2.63 bits per heavy atom. The number of thiophene rings is 1. The second-order valence-electron chi connectivity index (χ2n) is 5.53. The minimum atomic E-state index is -0.433. The van der Waals surface area contributed by atoms with E-state index in [4.69, 9.17) is 14.2 Å². The van der Waals surface area contributed by atoms with Crippen LogP contribution in [0.2, 0.25) is 0 Å². The molecule has 140 valence electrons. The van der Waals surface area contributed by atoms with Gasteiger partial charge in [-0.25, -0.2) is 0 Å². The van der Waals surface area contributed by atoms with Crippen LogP contribution in [0.5, 0.6) is 11.5 Å². The minimum absolute atomic E-state index is 0.0591. The Morgan fingerprint density at radius 1 is 1.22 bits per heavy atom. The average Bonchev–Trinajstić information content (AvgIpc) is 3.24. The van der Waals surface area contributed by atoms with E-state index in [1.165, 1.54) is 29.8 Å². The van der Waals surface area contributed by atoms with Crippen molar-refractivity contribution in [2.75, 3.05) is 20.3 Å². The Hall–Kier alpha value is -2.17. The summed E-state index contributed by atoms with van der Waals surface area (Å²) in [6, 6.07) is 7.14. The molecular weight excluding hydrogens is 456 g/mol. The smallest absolute Gasteiger partial charge is 0.325 e. The van der Waals surface area contributed by atoms with Gasteiger partial charge in [0.25, 0.3) is 5.91 Å². The van der Waals surface area contributed by atoms with Crippen molar-refractivity contribution >= 4 is 60.7 Å². The van der Waals surface area contributed by atoms with Gasteiger partial charge in [-0.15, -0.1) is 11.3 Å². The number of halogens is 1. The molecule has 0 saturated carbocycles. The monoisotopic (exact) mass is 468 g/mol. The van der Waals surface area contributed by atoms with Crippen molar-refractivity contribution in [1.29, 1.82) is 0 Å². The number of esters is 1. The third kappa shape index (κ3) is 3.64. The molecule has 2 aromatic heterocycles. The van der Waals surface area contributed by atoms with Crippen LogP contribution in [-0.2, 0) is 16.1 Å². The quantitative estimate of drug-likeness (QED) is 0.551. The lowest BCUT2D eigenvalue weighted by atomic mass is 10.2. The Kier molecular flexibility index (Phi) is 5.02. The molecule has 0 bridgehead atoms. The lowest BCUT2D eigenvalue weighted by Gasteiger charge is -2.18. The van der Waals surface area contributed by atoms with Gasteiger partial charge in [-0.05, 0) is 28.1 Å². The molecule has 1 aliphatic rings. The summed E-state index contributed by atoms with van der Waals surface area (Å²) in [5, 5.41) is 0. The molecule has 1 aromatic carbocycles. The first-order chi connectivity index (χ1) is 13.0. The van der Waals surface area contributed by atoms with Crippen LogP contribution in [0.25, 0.3) is 10.2 Å². The van der Waals surface area contributed by atoms with E-state index >= 15 is 0 Å². The summed E-state index contributed by atoms with van der Waals surface area (Å²) in [6.07, 6.45) is 0. The topological polar surface area (TPSA) is 79.1 Å². The first-order valence-electron chi connectivity index (χ1n) is 7.89. The van der Waals surface area contributed by atoms with E-state index < -0.39 is 5.97 Å². The number of ether oxygens (including phenoxy) is 3. The summed E-state index contributed by atoms with van der Waals surface area (Å²) in [6.45, 7) is 0.883. The molecule has 1 aliphatic heterocycles. The molecule has 10 heteroatoms. The molecule has 0 saturated heterocycles. The van der Waals surface area contributed by atoms with Crippen molar-refractivity contribution in [3.8, 4) is 11.5 Å². The Morgan fingerprint density at radius 2 is 1.96 bits per heavy atom. The van der Waals surface area contributed by atoms with Crippen LogP contribution in [0.4, 0.5) is 0 Å². The number of carbonyl (C=O) groups is 2. The summed E-state index contributed by atoms with van der Waals surface area (Å²) >= 11 is 5.95. The van der Waals surface area contributed by atoms with Gasteiger partial charge >= 0.3 is 5.97 Å². The predicted molar refractivity (Wildman–Crippen MR) is 105 cm³/mol. The Bertz CT molecular complexity index is 1110. The molecule has 0 aliphatic carbocycles. The van der Waals surface area contributed by atoms with E-state index in [1.807, 2.05) is 6.07 Å². The van der Waals surface area contributed by atoms with Gasteiger partial charge in [0.2, 0.25) is 0 Å². The number of methoxy groups -OCH3 is 1. The first kappa shape index (κ1) is 18.2. The Labute approximate surface area is 169 Å². The number of nitrogens with zero attached hydrogens (tertiary/aromatic N) is 2. The minimum Gasteiger partial charge on any atom is -0.486 e. The van der Waals surface area contributed by atoms with Gasteiger partial charge in [0.1, 0.15) is 19.8 Å². The van der Waals surface area contributed by atoms with Gasteiger partial charge in [-0.2, -0.15) is 4.99 Å². The van der Waals surface area contributed by atoms with Crippen LogP contribution in [0.15, 0.2) is 33.0 Å². The molecule has 0 radical (unpaired) electrons. The van der Waals surface area contributed by atoms with E-state index in [-0.39, 0.29) is 12.5 Å². The second-order valence-corrected chi connectivity index (χ2v) is 9.00. The number of rotatable bonds is 3. The molecule has 0 spiro atoms. The van der Waals surface area contributed by atoms with E-state index in [0.29, 0.717) is 34.4 Å². The number of benzene rings is 1. The number of hydrogen-bond donors (Lipinski definition) is 0. The highest BCUT2D eigenvalue weighted by molar-refractivity contribution is 9.11. The summed E-state index contributed by atoms with van der Waals surface area (Å²) < 4.78 is 19.4. The van der Waals surface area contributed by atoms with Crippen LogP contribution in [0, 0.1) is 0 Å². The third-order valence-electron chi connectivity index (χ3n) is 3.84. The first-order valence-corrected chi connectivity index (χ1v) is 10.3. The van der Waals surface area contributed by atoms with Gasteiger partial charge in [-0.1, -0.05) is 11.3 Å². The number of amides is 1. The molecule has 0 unspecified atom stereocenters. The van der Waals surface area contributed by atoms with Crippen molar-refractivity contribution in [2.45, 2.75) is 6.54 Å². The van der Waals surface area contributed by atoms with Gasteiger partial charge < -0.3 is 18.8 Å². The molecule has 3 heterocycles. The number of carbonyl (C=O) groups excluding carboxylic acids is 2. The van der Waals surface area contributed by atoms with Gasteiger partial charge in [0.05, 0.1) is 26.0 Å². The van der Waals surface area contributed by atoms with Gasteiger partial charge in [0, 0.05) is 12.1 Å². The molecule has 4 rings (SSSR count). The average molecular weight is 469 g/mol. The molecule has 27 heavy (non-hydrogen) atoms. The summed E-state index contributed by atoms with van der Waals surface area (Å²) in [5.41, 5.74) is 0.730. The van der Waals surface area contributed by atoms with E-state index in [2.05, 4.69) is 20.9 Å². The van der Waals surface area contributed by atoms with Gasteiger partial charge in [-0.3, -0.25) is 9.59 Å². The third-order valence-corrected chi connectivity index (χ3v) is 6.50. The number of hydrogen-bond acceptors (Lipinski definition) is 7. The maximum absolute atomic E-state index is 12.5. The summed E-state index contributed by atoms with van der Waals surface area (Å²) in [5.74, 6) is 0.441. The van der Waals surface area contributed by atoms with Crippen molar-refractivity contribution in [2.24, 2.45) is 4.99 Å². The Balaban J connectivity index is 1.87. The normalized spacial score (nSPS) is 13.8. The van der Waals surface area contributed by atoms with Crippen molar-refractivity contribution in [3.63, 3.8) is 0 Å². The molecule has 1 amide bonds. The van der Waals surface area contributed by atoms with Crippen molar-refractivity contribution < 1.29 is 23.8 Å². The zero-order valence-corrected chi connectivity index (χ0v) is 17.3. The highest BCUT2D eigenvalue weighted by Gasteiger charge is 2.18. The zero-order chi connectivity index (χ0) is 19.0. The maximum atomic E-state index is 12.5. The number of fused-ring (bicyclic) bond motifs is 2. The predicted octanol–water partition coefficient (Wildman–Crippen LogP) is 3.21. The van der Waals surface area contributed by atoms with Crippen LogP contribution in [-0.4, -0.2) is 36.8 Å². The summed E-state index contributed by atoms with van der Waals surface area (Å²) in [4.78, 5) is 29.6. The molecule has 0 atom stereocenters. The fraction of sp³-hybridized carbons (Fsp3) is 0.235. The maximum Gasteiger partial charge on any atom is 0.325 e. The standard InChI is InChI=1S/C17H13BrN2O5S2/c1-23-15(21)8-20-9-6-10-11(25-5-4-24-10)7-13(9)27-17(20)19-16(22)12-2-3-14(18)26-12/h2-3,6-7H,4-5,8H2,1H3. The lowest BCUT2D eigenvalue weighted by Crippen LogP contribution is -2.22.